The maximum Gasteiger partial charge on any atom is 0.0466 e. The van der Waals surface area contributed by atoms with E-state index in [0.717, 1.165) is 25.1 Å². The van der Waals surface area contributed by atoms with Gasteiger partial charge in [-0.05, 0) is 29.9 Å². The van der Waals surface area contributed by atoms with Crippen LogP contribution in [0.2, 0.25) is 0 Å². The summed E-state index contributed by atoms with van der Waals surface area (Å²) in [6.07, 6.45) is 4.03. The van der Waals surface area contributed by atoms with Crippen LogP contribution in [-0.4, -0.2) is 18.7 Å². The van der Waals surface area contributed by atoms with Crippen LogP contribution >= 0.6 is 0 Å². The predicted molar refractivity (Wildman–Crippen MR) is 63.1 cm³/mol. The molecule has 1 rings (SSSR count). The summed E-state index contributed by atoms with van der Waals surface area (Å²) in [6, 6.07) is 4.30. The second-order valence-corrected chi connectivity index (χ2v) is 4.88. The first-order valence-corrected chi connectivity index (χ1v) is 5.48. The number of hydrogen-bond donors (Lipinski definition) is 0. The van der Waals surface area contributed by atoms with E-state index in [-0.39, 0.29) is 5.41 Å². The highest BCUT2D eigenvalue weighted by Crippen LogP contribution is 2.21. The van der Waals surface area contributed by atoms with Crippen LogP contribution in [0, 0.1) is 0 Å². The van der Waals surface area contributed by atoms with Crippen LogP contribution in [0.25, 0.3) is 0 Å². The van der Waals surface area contributed by atoms with Gasteiger partial charge in [-0.25, -0.2) is 0 Å². The van der Waals surface area contributed by atoms with Crippen molar-refractivity contribution in [2.75, 3.05) is 13.7 Å². The van der Waals surface area contributed by atoms with E-state index >= 15 is 0 Å². The smallest absolute Gasteiger partial charge is 0.0466 e. The molecule has 0 aromatic carbocycles. The summed E-state index contributed by atoms with van der Waals surface area (Å²) in [5, 5.41) is 0. The summed E-state index contributed by atoms with van der Waals surface area (Å²) in [5.41, 5.74) is 2.64. The average Bonchev–Trinajstić information content (AvgIpc) is 2.18. The van der Waals surface area contributed by atoms with E-state index in [4.69, 9.17) is 4.74 Å². The van der Waals surface area contributed by atoms with Gasteiger partial charge >= 0.3 is 0 Å². The summed E-state index contributed by atoms with van der Waals surface area (Å²) in [5.74, 6) is 0. The normalized spacial score (nSPS) is 11.7. The molecule has 0 saturated heterocycles. The van der Waals surface area contributed by atoms with Gasteiger partial charge in [-0.1, -0.05) is 26.8 Å². The number of aromatic nitrogens is 1. The fraction of sp³-hybridized carbons (Fsp3) is 0.615. The second kappa shape index (κ2) is 5.26. The number of hydrogen-bond acceptors (Lipinski definition) is 2. The molecule has 0 amide bonds. The van der Waals surface area contributed by atoms with Crippen LogP contribution < -0.4 is 0 Å². The molecule has 1 aromatic heterocycles. The summed E-state index contributed by atoms with van der Waals surface area (Å²) in [6.45, 7) is 7.42. The maximum absolute atomic E-state index is 5.01. The van der Waals surface area contributed by atoms with E-state index in [2.05, 4.69) is 37.9 Å². The molecule has 1 heterocycles. The average molecular weight is 207 g/mol. The number of pyridine rings is 1. The van der Waals surface area contributed by atoms with Crippen molar-refractivity contribution in [3.63, 3.8) is 0 Å². The second-order valence-electron chi connectivity index (χ2n) is 4.88. The molecule has 84 valence electrons. The van der Waals surface area contributed by atoms with Gasteiger partial charge < -0.3 is 4.74 Å². The Hall–Kier alpha value is -0.890. The van der Waals surface area contributed by atoms with Crippen molar-refractivity contribution >= 4 is 0 Å². The van der Waals surface area contributed by atoms with Crippen molar-refractivity contribution in [2.45, 2.75) is 39.0 Å². The molecule has 0 atom stereocenters. The van der Waals surface area contributed by atoms with Gasteiger partial charge in [0.1, 0.15) is 0 Å². The third-order valence-corrected chi connectivity index (χ3v) is 2.47. The predicted octanol–water partition coefficient (Wildman–Crippen LogP) is 2.96. The third-order valence-electron chi connectivity index (χ3n) is 2.47. The number of rotatable bonds is 4. The van der Waals surface area contributed by atoms with Crippen LogP contribution in [0.15, 0.2) is 18.3 Å². The van der Waals surface area contributed by atoms with Crippen molar-refractivity contribution in [3.8, 4) is 0 Å². The van der Waals surface area contributed by atoms with Crippen LogP contribution in [0.1, 0.15) is 38.4 Å². The Bertz CT molecular complexity index is 284. The van der Waals surface area contributed by atoms with E-state index in [1.165, 1.54) is 5.56 Å². The van der Waals surface area contributed by atoms with Crippen LogP contribution in [-0.2, 0) is 16.6 Å². The minimum absolute atomic E-state index is 0.193. The molecule has 0 aliphatic heterocycles. The van der Waals surface area contributed by atoms with Crippen molar-refractivity contribution in [3.05, 3.63) is 29.6 Å². The molecule has 1 aromatic rings. The molecule has 0 fully saturated rings. The molecule has 0 saturated carbocycles. The quantitative estimate of drug-likeness (QED) is 0.708. The molecule has 0 spiro atoms. The van der Waals surface area contributed by atoms with Gasteiger partial charge in [-0.3, -0.25) is 4.98 Å². The Morgan fingerprint density at radius 2 is 2.00 bits per heavy atom. The molecular weight excluding hydrogens is 186 g/mol. The van der Waals surface area contributed by atoms with E-state index < -0.39 is 0 Å². The van der Waals surface area contributed by atoms with Gasteiger partial charge in [-0.15, -0.1) is 0 Å². The van der Waals surface area contributed by atoms with Crippen LogP contribution in [0.4, 0.5) is 0 Å². The summed E-state index contributed by atoms with van der Waals surface area (Å²) >= 11 is 0. The standard InChI is InChI=1S/C13H21NO/c1-13(2,3)11-7-8-12(14-10-11)6-5-9-15-4/h7-8,10H,5-6,9H2,1-4H3. The highest BCUT2D eigenvalue weighted by molar-refractivity contribution is 5.21. The van der Waals surface area contributed by atoms with Crippen molar-refractivity contribution in [2.24, 2.45) is 0 Å². The zero-order valence-corrected chi connectivity index (χ0v) is 10.2. The Morgan fingerprint density at radius 1 is 1.27 bits per heavy atom. The minimum atomic E-state index is 0.193. The lowest BCUT2D eigenvalue weighted by atomic mass is 9.88. The highest BCUT2D eigenvalue weighted by Gasteiger charge is 2.13. The Labute approximate surface area is 92.7 Å². The molecule has 0 aliphatic carbocycles. The third kappa shape index (κ3) is 4.00. The molecule has 15 heavy (non-hydrogen) atoms. The molecule has 2 nitrogen and oxygen atoms in total. The Kier molecular flexibility index (Phi) is 4.28. The number of nitrogens with zero attached hydrogens (tertiary/aromatic N) is 1. The SMILES string of the molecule is COCCCc1ccc(C(C)(C)C)cn1. The van der Waals surface area contributed by atoms with Crippen LogP contribution in [0.5, 0.6) is 0 Å². The van der Waals surface area contributed by atoms with Crippen LogP contribution in [0.3, 0.4) is 0 Å². The molecule has 0 aliphatic rings. The largest absolute Gasteiger partial charge is 0.385 e. The first kappa shape index (κ1) is 12.2. The Balaban J connectivity index is 2.57. The van der Waals surface area contributed by atoms with Gasteiger partial charge in [0.05, 0.1) is 0 Å². The van der Waals surface area contributed by atoms with E-state index in [1.807, 2.05) is 6.20 Å². The molecule has 0 unspecified atom stereocenters. The van der Waals surface area contributed by atoms with Gasteiger partial charge in [-0.2, -0.15) is 0 Å². The fourth-order valence-electron chi connectivity index (χ4n) is 1.41. The maximum atomic E-state index is 5.01. The Morgan fingerprint density at radius 3 is 2.47 bits per heavy atom. The molecule has 0 radical (unpaired) electrons. The van der Waals surface area contributed by atoms with Crippen molar-refractivity contribution in [1.82, 2.24) is 4.98 Å². The molecular formula is C13H21NO. The zero-order chi connectivity index (χ0) is 11.3. The monoisotopic (exact) mass is 207 g/mol. The molecule has 0 bridgehead atoms. The first-order valence-electron chi connectivity index (χ1n) is 5.48. The van der Waals surface area contributed by atoms with Gasteiger partial charge in [0.15, 0.2) is 0 Å². The van der Waals surface area contributed by atoms with E-state index in [9.17, 15) is 0 Å². The highest BCUT2D eigenvalue weighted by atomic mass is 16.5. The fourth-order valence-corrected chi connectivity index (χ4v) is 1.41. The lowest BCUT2D eigenvalue weighted by Crippen LogP contribution is -2.11. The van der Waals surface area contributed by atoms with Gasteiger partial charge in [0.25, 0.3) is 0 Å². The number of ether oxygens (including phenoxy) is 1. The first-order chi connectivity index (χ1) is 7.04. The number of aryl methyl sites for hydroxylation is 1. The number of methoxy groups -OCH3 is 1. The minimum Gasteiger partial charge on any atom is -0.385 e. The van der Waals surface area contributed by atoms with Gasteiger partial charge in [0.2, 0.25) is 0 Å². The van der Waals surface area contributed by atoms with Crippen molar-refractivity contribution in [1.29, 1.82) is 0 Å². The van der Waals surface area contributed by atoms with Gasteiger partial charge in [0, 0.05) is 25.6 Å². The summed E-state index contributed by atoms with van der Waals surface area (Å²) in [4.78, 5) is 4.46. The zero-order valence-electron chi connectivity index (χ0n) is 10.2. The van der Waals surface area contributed by atoms with Crippen molar-refractivity contribution < 1.29 is 4.74 Å². The topological polar surface area (TPSA) is 22.1 Å². The molecule has 0 N–H and O–H groups in total. The lowest BCUT2D eigenvalue weighted by Gasteiger charge is -2.18. The summed E-state index contributed by atoms with van der Waals surface area (Å²) in [7, 11) is 1.73. The van der Waals surface area contributed by atoms with E-state index in [1.54, 1.807) is 7.11 Å². The molecule has 2 heteroatoms. The summed E-state index contributed by atoms with van der Waals surface area (Å²) < 4.78 is 5.01. The van der Waals surface area contributed by atoms with E-state index in [0.29, 0.717) is 0 Å². The lowest BCUT2D eigenvalue weighted by molar-refractivity contribution is 0.195.